The number of Topliss-reactive ketones (excluding diaryl/α,β-unsaturated/α-hetero) is 2. The van der Waals surface area contributed by atoms with Crippen molar-refractivity contribution in [1.82, 2.24) is 10.1 Å². The Bertz CT molecular complexity index is 1960. The van der Waals surface area contributed by atoms with Crippen LogP contribution in [-0.2, 0) is 17.8 Å². The van der Waals surface area contributed by atoms with E-state index in [2.05, 4.69) is 5.16 Å². The third-order valence-corrected chi connectivity index (χ3v) is 9.85. The van der Waals surface area contributed by atoms with Crippen molar-refractivity contribution in [3.8, 4) is 11.6 Å². The van der Waals surface area contributed by atoms with Gasteiger partial charge in [0.15, 0.2) is 17.3 Å². The summed E-state index contributed by atoms with van der Waals surface area (Å²) in [4.78, 5) is 42.4. The van der Waals surface area contributed by atoms with E-state index in [0.717, 1.165) is 33.7 Å². The summed E-state index contributed by atoms with van der Waals surface area (Å²) in [5, 5.41) is 5.85. The molecule has 0 N–H and O–H groups in total. The summed E-state index contributed by atoms with van der Waals surface area (Å²) in [6, 6.07) is 14.8. The molecule has 0 amide bonds. The summed E-state index contributed by atoms with van der Waals surface area (Å²) in [5.41, 5.74) is 3.22. The number of benzene rings is 3. The second-order valence-corrected chi connectivity index (χ2v) is 12.3. The molecule has 4 aliphatic rings. The first-order valence-corrected chi connectivity index (χ1v) is 14.7. The van der Waals surface area contributed by atoms with Crippen LogP contribution in [0.25, 0.3) is 10.8 Å². The number of allylic oxidation sites excluding steroid dienone is 1. The maximum absolute atomic E-state index is 14.5. The molecule has 1 saturated heterocycles. The van der Waals surface area contributed by atoms with Gasteiger partial charge in [-0.15, -0.1) is 0 Å². The van der Waals surface area contributed by atoms with Crippen LogP contribution < -0.4 is 9.47 Å². The fraction of sp³-hybridized carbons (Fsp3) is 0.314. The number of rotatable bonds is 6. The number of aryl methyl sites for hydroxylation is 1. The van der Waals surface area contributed by atoms with Crippen molar-refractivity contribution in [2.45, 2.75) is 38.0 Å². The maximum Gasteiger partial charge on any atom is 0.265 e. The average molecular weight is 591 g/mol. The van der Waals surface area contributed by atoms with Crippen molar-refractivity contribution in [1.29, 1.82) is 0 Å². The highest BCUT2D eigenvalue weighted by Gasteiger charge is 2.75. The minimum atomic E-state index is -1.27. The van der Waals surface area contributed by atoms with Crippen LogP contribution in [-0.4, -0.2) is 54.7 Å². The van der Waals surface area contributed by atoms with E-state index in [1.165, 1.54) is 0 Å². The Balaban J connectivity index is 1.25. The first kappa shape index (κ1) is 26.8. The summed E-state index contributed by atoms with van der Waals surface area (Å²) in [5.74, 6) is 0.813. The number of aromatic nitrogens is 1. The zero-order chi connectivity index (χ0) is 30.5. The molecule has 0 radical (unpaired) electrons. The maximum atomic E-state index is 14.5. The Morgan fingerprint density at radius 1 is 1.09 bits per heavy atom. The molecule has 1 fully saturated rings. The molecular formula is C35H30N2O7. The molecule has 222 valence electrons. The lowest BCUT2D eigenvalue weighted by Crippen LogP contribution is -2.49. The summed E-state index contributed by atoms with van der Waals surface area (Å²) in [7, 11) is 5.50. The highest BCUT2D eigenvalue weighted by molar-refractivity contribution is 6.19. The van der Waals surface area contributed by atoms with Gasteiger partial charge in [-0.25, -0.2) is 0 Å². The highest BCUT2D eigenvalue weighted by atomic mass is 16.6. The molecule has 4 aromatic rings. The molecule has 9 nitrogen and oxygen atoms in total. The van der Waals surface area contributed by atoms with Crippen molar-refractivity contribution in [3.05, 3.63) is 99.0 Å². The number of nitrogens with zero attached hydrogens (tertiary/aromatic N) is 2. The van der Waals surface area contributed by atoms with Gasteiger partial charge >= 0.3 is 0 Å². The van der Waals surface area contributed by atoms with Crippen LogP contribution in [0.1, 0.15) is 66.0 Å². The van der Waals surface area contributed by atoms with Gasteiger partial charge in [0.2, 0.25) is 11.4 Å². The summed E-state index contributed by atoms with van der Waals surface area (Å²) in [6.45, 7) is 2.13. The molecule has 0 saturated carbocycles. The third-order valence-electron chi connectivity index (χ3n) is 9.85. The number of fused-ring (bicyclic) bond motifs is 4. The molecule has 2 heterocycles. The van der Waals surface area contributed by atoms with Crippen molar-refractivity contribution in [3.63, 3.8) is 0 Å². The Kier molecular flexibility index (Phi) is 5.71. The highest BCUT2D eigenvalue weighted by Crippen LogP contribution is 2.66. The minimum Gasteiger partial charge on any atom is -0.496 e. The predicted octanol–water partition coefficient (Wildman–Crippen LogP) is 5.43. The monoisotopic (exact) mass is 590 g/mol. The normalized spacial score (nSPS) is 24.6. The second-order valence-electron chi connectivity index (χ2n) is 12.3. The zero-order valence-corrected chi connectivity index (χ0v) is 24.8. The van der Waals surface area contributed by atoms with Crippen molar-refractivity contribution in [2.24, 2.45) is 11.8 Å². The lowest BCUT2D eigenvalue weighted by Gasteiger charge is -2.41. The number of hydrogen-bond acceptors (Lipinski definition) is 9. The van der Waals surface area contributed by atoms with Crippen LogP contribution in [0.5, 0.6) is 11.6 Å². The van der Waals surface area contributed by atoms with Gasteiger partial charge < -0.3 is 18.7 Å². The standard InChI is InChI=1S/C35H30N2O7/c1-17-22-12-19(15-38)10-11-21(22)30(41-4)23-13-20-14-24-28(37(2)3)31-27(34(36-44-31)42-16-18-8-6-5-7-9-18)32(40)35(24)33(43-35)26(20)29(39)25(17)23/h5-12,15,20,24,28H,13-14,16H2,1-4H3. The summed E-state index contributed by atoms with van der Waals surface area (Å²) >= 11 is 0. The van der Waals surface area contributed by atoms with Crippen molar-refractivity contribution in [2.75, 3.05) is 21.2 Å². The Morgan fingerprint density at radius 2 is 1.89 bits per heavy atom. The summed E-state index contributed by atoms with van der Waals surface area (Å²) in [6.07, 6.45) is 1.90. The van der Waals surface area contributed by atoms with E-state index < -0.39 is 5.60 Å². The Hall–Kier alpha value is -4.76. The molecule has 1 spiro atoms. The fourth-order valence-corrected chi connectivity index (χ4v) is 7.94. The molecule has 1 aliphatic heterocycles. The van der Waals surface area contributed by atoms with E-state index in [4.69, 9.17) is 18.7 Å². The van der Waals surface area contributed by atoms with Gasteiger partial charge in [0.05, 0.1) is 13.2 Å². The SMILES string of the molecule is COc1c2c(c(C)c3cc(C=O)ccc13)C(=O)C1=C3OC34C(=O)c3c(OCc5ccccc5)noc3C(N(C)C)C4CC1C2. The molecule has 4 unspecified atom stereocenters. The van der Waals surface area contributed by atoms with E-state index in [9.17, 15) is 14.4 Å². The number of aldehydes is 1. The first-order valence-electron chi connectivity index (χ1n) is 14.7. The van der Waals surface area contributed by atoms with Crippen molar-refractivity contribution >= 4 is 28.6 Å². The average Bonchev–Trinajstić information content (AvgIpc) is 3.65. The second kappa shape index (κ2) is 9.37. The molecule has 44 heavy (non-hydrogen) atoms. The Morgan fingerprint density at radius 3 is 2.61 bits per heavy atom. The van der Waals surface area contributed by atoms with E-state index in [0.29, 0.717) is 46.8 Å². The van der Waals surface area contributed by atoms with Gasteiger partial charge in [-0.2, -0.15) is 0 Å². The van der Waals surface area contributed by atoms with Crippen LogP contribution in [0.3, 0.4) is 0 Å². The lowest BCUT2D eigenvalue weighted by molar-refractivity contribution is 0.0485. The molecule has 0 bridgehead atoms. The van der Waals surface area contributed by atoms with Crippen LogP contribution in [0.15, 0.2) is 64.4 Å². The van der Waals surface area contributed by atoms with Gasteiger partial charge in [-0.05, 0) is 73.6 Å². The number of hydrogen-bond donors (Lipinski definition) is 0. The zero-order valence-electron chi connectivity index (χ0n) is 24.8. The number of ketones is 2. The molecule has 3 aromatic carbocycles. The van der Waals surface area contributed by atoms with Gasteiger partial charge in [0.25, 0.3) is 5.88 Å². The van der Waals surface area contributed by atoms with E-state index in [1.807, 2.05) is 62.3 Å². The smallest absolute Gasteiger partial charge is 0.265 e. The van der Waals surface area contributed by atoms with Gasteiger partial charge in [0.1, 0.15) is 24.2 Å². The quantitative estimate of drug-likeness (QED) is 0.214. The lowest BCUT2D eigenvalue weighted by atomic mass is 9.61. The molecule has 9 heteroatoms. The van der Waals surface area contributed by atoms with Gasteiger partial charge in [-0.3, -0.25) is 19.3 Å². The number of carbonyl (C=O) groups is 3. The minimum absolute atomic E-state index is 0.133. The van der Waals surface area contributed by atoms with Gasteiger partial charge in [-0.1, -0.05) is 36.4 Å². The van der Waals surface area contributed by atoms with Crippen LogP contribution in [0.4, 0.5) is 0 Å². The van der Waals surface area contributed by atoms with Crippen LogP contribution in [0.2, 0.25) is 0 Å². The number of epoxide rings is 1. The van der Waals surface area contributed by atoms with E-state index >= 15 is 0 Å². The molecule has 3 aliphatic carbocycles. The van der Waals surface area contributed by atoms with E-state index in [-0.39, 0.29) is 47.5 Å². The van der Waals surface area contributed by atoms with Gasteiger partial charge in [0, 0.05) is 33.6 Å². The number of ether oxygens (including phenoxy) is 3. The predicted molar refractivity (Wildman–Crippen MR) is 159 cm³/mol. The molecule has 1 aromatic heterocycles. The molecule has 8 rings (SSSR count). The Labute approximate surface area is 253 Å². The largest absolute Gasteiger partial charge is 0.496 e. The molecular weight excluding hydrogens is 560 g/mol. The first-order chi connectivity index (χ1) is 21.3. The third kappa shape index (κ3) is 3.44. The topological polar surface area (TPSA) is 111 Å². The van der Waals surface area contributed by atoms with Crippen molar-refractivity contribution < 1.29 is 33.1 Å². The fourth-order valence-electron chi connectivity index (χ4n) is 7.94. The number of carbonyl (C=O) groups excluding carboxylic acids is 3. The van der Waals surface area contributed by atoms with E-state index in [1.54, 1.807) is 19.2 Å². The molecule has 4 atom stereocenters. The van der Waals surface area contributed by atoms with Crippen LogP contribution in [0, 0.1) is 18.8 Å². The summed E-state index contributed by atoms with van der Waals surface area (Å²) < 4.78 is 24.1. The number of methoxy groups -OCH3 is 1. The van der Waals surface area contributed by atoms with Crippen LogP contribution >= 0.6 is 0 Å².